The average Bonchev–Trinajstić information content (AvgIpc) is 2.58. The highest BCUT2D eigenvalue weighted by Gasteiger charge is 2.43. The van der Waals surface area contributed by atoms with Crippen LogP contribution < -0.4 is 0 Å². The summed E-state index contributed by atoms with van der Waals surface area (Å²) in [5.74, 6) is -0.810. The van der Waals surface area contributed by atoms with Crippen molar-refractivity contribution < 1.29 is 19.4 Å². The fourth-order valence-corrected chi connectivity index (χ4v) is 2.85. The van der Waals surface area contributed by atoms with Crippen molar-refractivity contribution in [3.05, 3.63) is 79.9 Å². The molecule has 0 amide bonds. The van der Waals surface area contributed by atoms with Crippen LogP contribution in [0.5, 0.6) is 0 Å². The average molecular weight is 342 g/mol. The molecule has 1 fully saturated rings. The molecular weight excluding hydrogens is 328 g/mol. The van der Waals surface area contributed by atoms with Gasteiger partial charge in [0.15, 0.2) is 0 Å². The molecule has 8 heteroatoms. The van der Waals surface area contributed by atoms with E-state index in [9.17, 15) is 25.0 Å². The molecule has 2 aromatic rings. The quantitative estimate of drug-likeness (QED) is 0.465. The fourth-order valence-electron chi connectivity index (χ4n) is 2.85. The molecule has 0 unspecified atom stereocenters. The van der Waals surface area contributed by atoms with Gasteiger partial charge < -0.3 is 4.74 Å². The first kappa shape index (κ1) is 16.6. The standard InChI is InChI=1S/C17H14N2O6/c20-16(12-9-14(18(21)22)11-15(10-12)19(23)24)25-17(7-4-8-17)13-5-2-1-3-6-13/h1-3,5-6,9-11H,4,7-8H2. The number of nitro groups is 2. The summed E-state index contributed by atoms with van der Waals surface area (Å²) in [4.78, 5) is 32.9. The van der Waals surface area contributed by atoms with Gasteiger partial charge in [-0.05, 0) is 24.8 Å². The zero-order valence-electron chi connectivity index (χ0n) is 13.1. The molecule has 2 aromatic carbocycles. The Kier molecular flexibility index (Phi) is 4.18. The van der Waals surface area contributed by atoms with Gasteiger partial charge in [0, 0.05) is 12.1 Å². The van der Waals surface area contributed by atoms with Crippen LogP contribution >= 0.6 is 0 Å². The summed E-state index contributed by atoms with van der Waals surface area (Å²) in [5.41, 5.74) is -1.19. The summed E-state index contributed by atoms with van der Waals surface area (Å²) in [7, 11) is 0. The summed E-state index contributed by atoms with van der Waals surface area (Å²) in [6.07, 6.45) is 2.16. The second-order valence-electron chi connectivity index (χ2n) is 5.86. The minimum absolute atomic E-state index is 0.205. The van der Waals surface area contributed by atoms with E-state index in [1.165, 1.54) is 0 Å². The van der Waals surface area contributed by atoms with Crippen LogP contribution in [-0.2, 0) is 10.3 Å². The Morgan fingerprint density at radius 2 is 1.52 bits per heavy atom. The van der Waals surface area contributed by atoms with Crippen molar-refractivity contribution in [3.8, 4) is 0 Å². The molecule has 8 nitrogen and oxygen atoms in total. The fraction of sp³-hybridized carbons (Fsp3) is 0.235. The SMILES string of the molecule is O=C(OC1(c2ccccc2)CCC1)c1cc([N+](=O)[O-])cc([N+](=O)[O-])c1. The molecule has 0 spiro atoms. The number of esters is 1. The van der Waals surface area contributed by atoms with E-state index in [0.717, 1.165) is 30.2 Å². The van der Waals surface area contributed by atoms with E-state index < -0.39 is 32.8 Å². The Bertz CT molecular complexity index is 813. The Morgan fingerprint density at radius 1 is 0.960 bits per heavy atom. The van der Waals surface area contributed by atoms with Crippen LogP contribution in [0.25, 0.3) is 0 Å². The number of benzene rings is 2. The number of ether oxygens (including phenoxy) is 1. The Balaban J connectivity index is 1.93. The van der Waals surface area contributed by atoms with E-state index in [2.05, 4.69) is 0 Å². The Hall–Kier alpha value is -3.29. The zero-order valence-corrected chi connectivity index (χ0v) is 13.1. The van der Waals surface area contributed by atoms with E-state index >= 15 is 0 Å². The third-order valence-corrected chi connectivity index (χ3v) is 4.31. The van der Waals surface area contributed by atoms with Crippen molar-refractivity contribution in [1.82, 2.24) is 0 Å². The number of nitro benzene ring substituents is 2. The van der Waals surface area contributed by atoms with Gasteiger partial charge in [0.2, 0.25) is 0 Å². The molecule has 25 heavy (non-hydrogen) atoms. The van der Waals surface area contributed by atoms with Crippen LogP contribution in [0.1, 0.15) is 35.2 Å². The minimum atomic E-state index is -0.810. The number of nitrogens with zero attached hydrogens (tertiary/aromatic N) is 2. The molecule has 0 saturated heterocycles. The first-order chi connectivity index (χ1) is 11.9. The molecule has 1 aliphatic carbocycles. The highest BCUT2D eigenvalue weighted by Crippen LogP contribution is 2.45. The number of carbonyl (C=O) groups excluding carboxylic acids is 1. The maximum Gasteiger partial charge on any atom is 0.339 e. The van der Waals surface area contributed by atoms with Gasteiger partial charge in [-0.3, -0.25) is 20.2 Å². The van der Waals surface area contributed by atoms with Crippen molar-refractivity contribution >= 4 is 17.3 Å². The second kappa shape index (κ2) is 6.31. The normalized spacial score (nSPS) is 15.0. The topological polar surface area (TPSA) is 113 Å². The van der Waals surface area contributed by atoms with Crippen LogP contribution in [0.3, 0.4) is 0 Å². The number of non-ortho nitro benzene ring substituents is 2. The van der Waals surface area contributed by atoms with E-state index in [1.807, 2.05) is 30.3 Å². The van der Waals surface area contributed by atoms with Crippen molar-refractivity contribution in [2.45, 2.75) is 24.9 Å². The number of hydrogen-bond acceptors (Lipinski definition) is 6. The van der Waals surface area contributed by atoms with E-state index in [-0.39, 0.29) is 5.56 Å². The van der Waals surface area contributed by atoms with Gasteiger partial charge in [0.25, 0.3) is 11.4 Å². The first-order valence-corrected chi connectivity index (χ1v) is 7.64. The lowest BCUT2D eigenvalue weighted by atomic mass is 9.75. The van der Waals surface area contributed by atoms with Crippen molar-refractivity contribution in [1.29, 1.82) is 0 Å². The smallest absolute Gasteiger partial charge is 0.339 e. The highest BCUT2D eigenvalue weighted by molar-refractivity contribution is 5.91. The summed E-state index contributed by atoms with van der Waals surface area (Å²) < 4.78 is 5.63. The van der Waals surface area contributed by atoms with Gasteiger partial charge in [0.05, 0.1) is 21.5 Å². The summed E-state index contributed by atoms with van der Waals surface area (Å²) in [5, 5.41) is 21.9. The van der Waals surface area contributed by atoms with Crippen molar-refractivity contribution in [3.63, 3.8) is 0 Å². The molecule has 3 rings (SSSR count). The Morgan fingerprint density at radius 3 is 1.96 bits per heavy atom. The largest absolute Gasteiger partial charge is 0.451 e. The van der Waals surface area contributed by atoms with Crippen molar-refractivity contribution in [2.75, 3.05) is 0 Å². The molecule has 128 valence electrons. The number of carbonyl (C=O) groups is 1. The molecule has 1 saturated carbocycles. The van der Waals surface area contributed by atoms with Crippen LogP contribution in [0.2, 0.25) is 0 Å². The number of rotatable bonds is 5. The number of hydrogen-bond donors (Lipinski definition) is 0. The van der Waals surface area contributed by atoms with E-state index in [4.69, 9.17) is 4.74 Å². The van der Waals surface area contributed by atoms with Gasteiger partial charge in [0.1, 0.15) is 5.60 Å². The van der Waals surface area contributed by atoms with E-state index in [1.54, 1.807) is 0 Å². The summed E-state index contributed by atoms with van der Waals surface area (Å²) in [6, 6.07) is 12.0. The predicted octanol–water partition coefficient (Wildman–Crippen LogP) is 3.74. The van der Waals surface area contributed by atoms with Gasteiger partial charge in [-0.1, -0.05) is 30.3 Å². The lowest BCUT2D eigenvalue weighted by Crippen LogP contribution is -2.39. The second-order valence-corrected chi connectivity index (χ2v) is 5.86. The Labute approximate surface area is 142 Å². The molecular formula is C17H14N2O6. The van der Waals surface area contributed by atoms with Crippen LogP contribution in [0, 0.1) is 20.2 Å². The van der Waals surface area contributed by atoms with Gasteiger partial charge >= 0.3 is 5.97 Å². The molecule has 0 radical (unpaired) electrons. The highest BCUT2D eigenvalue weighted by atomic mass is 16.6. The van der Waals surface area contributed by atoms with Crippen LogP contribution in [0.4, 0.5) is 11.4 Å². The third kappa shape index (κ3) is 3.18. The van der Waals surface area contributed by atoms with Crippen molar-refractivity contribution in [2.24, 2.45) is 0 Å². The third-order valence-electron chi connectivity index (χ3n) is 4.31. The molecule has 0 heterocycles. The van der Waals surface area contributed by atoms with E-state index in [0.29, 0.717) is 12.8 Å². The maximum absolute atomic E-state index is 12.5. The summed E-state index contributed by atoms with van der Waals surface area (Å²) in [6.45, 7) is 0. The molecule has 0 aromatic heterocycles. The molecule has 0 atom stereocenters. The monoisotopic (exact) mass is 342 g/mol. The van der Waals surface area contributed by atoms with Gasteiger partial charge in [-0.2, -0.15) is 0 Å². The van der Waals surface area contributed by atoms with Crippen LogP contribution in [-0.4, -0.2) is 15.8 Å². The first-order valence-electron chi connectivity index (χ1n) is 7.64. The van der Waals surface area contributed by atoms with Gasteiger partial charge in [-0.25, -0.2) is 4.79 Å². The molecule has 0 N–H and O–H groups in total. The maximum atomic E-state index is 12.5. The van der Waals surface area contributed by atoms with Gasteiger partial charge in [-0.15, -0.1) is 0 Å². The molecule has 1 aliphatic rings. The zero-order chi connectivity index (χ0) is 18.0. The lowest BCUT2D eigenvalue weighted by Gasteiger charge is -2.41. The van der Waals surface area contributed by atoms with Crippen LogP contribution in [0.15, 0.2) is 48.5 Å². The molecule has 0 aliphatic heterocycles. The lowest BCUT2D eigenvalue weighted by molar-refractivity contribution is -0.394. The predicted molar refractivity (Wildman–Crippen MR) is 87.1 cm³/mol. The molecule has 0 bridgehead atoms. The minimum Gasteiger partial charge on any atom is -0.451 e. The summed E-state index contributed by atoms with van der Waals surface area (Å²) >= 11 is 0.